The second kappa shape index (κ2) is 6.12. The first-order valence-electron chi connectivity index (χ1n) is 9.10. The van der Waals surface area contributed by atoms with Crippen LogP contribution in [0.25, 0.3) is 10.9 Å². The largest absolute Gasteiger partial charge is 0.361 e. The third-order valence-corrected chi connectivity index (χ3v) is 5.63. The molecule has 3 atom stereocenters. The Kier molecular flexibility index (Phi) is 3.62. The number of carbonyl (C=O) groups is 1. The SMILES string of the molecule is O=C(NC[C@@H]1C[C@H]2C=C[C@H]1C2)c1nc(Cc2c[nH]c3ccccc23)no1. The summed E-state index contributed by atoms with van der Waals surface area (Å²) in [5.74, 6) is 2.12. The molecule has 2 aromatic heterocycles. The molecule has 1 amide bonds. The summed E-state index contributed by atoms with van der Waals surface area (Å²) in [6.45, 7) is 0.671. The summed E-state index contributed by atoms with van der Waals surface area (Å²) in [4.78, 5) is 19.8. The summed E-state index contributed by atoms with van der Waals surface area (Å²) in [6, 6.07) is 8.07. The van der Waals surface area contributed by atoms with E-state index in [4.69, 9.17) is 4.52 Å². The molecule has 0 radical (unpaired) electrons. The lowest BCUT2D eigenvalue weighted by Gasteiger charge is -2.17. The highest BCUT2D eigenvalue weighted by Gasteiger charge is 2.35. The van der Waals surface area contributed by atoms with Gasteiger partial charge in [0.15, 0.2) is 5.82 Å². The van der Waals surface area contributed by atoms with Crippen molar-refractivity contribution in [3.8, 4) is 0 Å². The van der Waals surface area contributed by atoms with Gasteiger partial charge in [-0.2, -0.15) is 4.98 Å². The Morgan fingerprint density at radius 1 is 1.27 bits per heavy atom. The average Bonchev–Trinajstić information content (AvgIpc) is 3.44. The van der Waals surface area contributed by atoms with E-state index in [1.54, 1.807) is 0 Å². The lowest BCUT2D eigenvalue weighted by molar-refractivity contribution is 0.0901. The highest BCUT2D eigenvalue weighted by Crippen LogP contribution is 2.42. The van der Waals surface area contributed by atoms with Crippen LogP contribution in [0.4, 0.5) is 0 Å². The smallest absolute Gasteiger partial charge is 0.315 e. The number of H-pyrrole nitrogens is 1. The molecule has 6 nitrogen and oxygen atoms in total. The number of nitrogens with zero attached hydrogens (tertiary/aromatic N) is 2. The zero-order valence-electron chi connectivity index (χ0n) is 14.3. The summed E-state index contributed by atoms with van der Waals surface area (Å²) in [5.41, 5.74) is 2.16. The summed E-state index contributed by atoms with van der Waals surface area (Å²) >= 11 is 0. The van der Waals surface area contributed by atoms with Crippen LogP contribution in [0.1, 0.15) is 34.9 Å². The van der Waals surface area contributed by atoms with Crippen LogP contribution < -0.4 is 5.32 Å². The molecular formula is C20H20N4O2. The van der Waals surface area contributed by atoms with E-state index in [0.717, 1.165) is 22.9 Å². The maximum absolute atomic E-state index is 12.3. The fraction of sp³-hybridized carbons (Fsp3) is 0.350. The highest BCUT2D eigenvalue weighted by molar-refractivity contribution is 5.89. The van der Waals surface area contributed by atoms with E-state index in [9.17, 15) is 4.79 Å². The number of para-hydroxylation sites is 1. The van der Waals surface area contributed by atoms with Crippen LogP contribution >= 0.6 is 0 Å². The molecule has 132 valence electrons. The molecule has 6 heteroatoms. The number of aromatic nitrogens is 3. The summed E-state index contributed by atoms with van der Waals surface area (Å²) in [6.07, 6.45) is 9.46. The minimum Gasteiger partial charge on any atom is -0.361 e. The van der Waals surface area contributed by atoms with Crippen molar-refractivity contribution in [1.82, 2.24) is 20.4 Å². The van der Waals surface area contributed by atoms with Crippen molar-refractivity contribution in [1.29, 1.82) is 0 Å². The molecule has 3 aromatic rings. The minimum absolute atomic E-state index is 0.0403. The molecule has 2 N–H and O–H groups in total. The van der Waals surface area contributed by atoms with Gasteiger partial charge in [-0.1, -0.05) is 35.5 Å². The van der Waals surface area contributed by atoms with E-state index in [1.807, 2.05) is 24.4 Å². The Balaban J connectivity index is 1.23. The quantitative estimate of drug-likeness (QED) is 0.694. The molecule has 5 rings (SSSR count). The van der Waals surface area contributed by atoms with Crippen molar-refractivity contribution in [3.05, 3.63) is 59.9 Å². The van der Waals surface area contributed by atoms with Crippen LogP contribution in [0.5, 0.6) is 0 Å². The average molecular weight is 348 g/mol. The molecule has 1 saturated carbocycles. The molecule has 2 aliphatic carbocycles. The Labute approximate surface area is 150 Å². The highest BCUT2D eigenvalue weighted by atomic mass is 16.5. The first-order valence-corrected chi connectivity index (χ1v) is 9.10. The van der Waals surface area contributed by atoms with E-state index in [0.29, 0.717) is 36.5 Å². The number of rotatable bonds is 5. The van der Waals surface area contributed by atoms with E-state index in [-0.39, 0.29) is 11.8 Å². The Morgan fingerprint density at radius 3 is 3.04 bits per heavy atom. The van der Waals surface area contributed by atoms with Crippen molar-refractivity contribution in [2.45, 2.75) is 19.3 Å². The molecule has 0 saturated heterocycles. The van der Waals surface area contributed by atoms with Crippen molar-refractivity contribution in [2.75, 3.05) is 6.54 Å². The number of amides is 1. The maximum atomic E-state index is 12.3. The van der Waals surface area contributed by atoms with Crippen molar-refractivity contribution in [2.24, 2.45) is 17.8 Å². The van der Waals surface area contributed by atoms with Gasteiger partial charge in [-0.25, -0.2) is 0 Å². The van der Waals surface area contributed by atoms with E-state index in [1.165, 1.54) is 6.42 Å². The molecule has 2 bridgehead atoms. The van der Waals surface area contributed by atoms with E-state index in [2.05, 4.69) is 38.7 Å². The van der Waals surface area contributed by atoms with Gasteiger partial charge in [-0.3, -0.25) is 4.79 Å². The third kappa shape index (κ3) is 2.71. The van der Waals surface area contributed by atoms with Gasteiger partial charge >= 0.3 is 11.8 Å². The lowest BCUT2D eigenvalue weighted by Crippen LogP contribution is -2.31. The molecule has 0 spiro atoms. The van der Waals surface area contributed by atoms with Crippen LogP contribution in [-0.4, -0.2) is 27.6 Å². The number of benzene rings is 1. The molecule has 26 heavy (non-hydrogen) atoms. The van der Waals surface area contributed by atoms with Gasteiger partial charge in [0.1, 0.15) is 0 Å². The number of fused-ring (bicyclic) bond motifs is 3. The van der Waals surface area contributed by atoms with Crippen molar-refractivity contribution < 1.29 is 9.32 Å². The molecular weight excluding hydrogens is 328 g/mol. The van der Waals surface area contributed by atoms with Crippen LogP contribution in [0, 0.1) is 17.8 Å². The first kappa shape index (κ1) is 15.4. The second-order valence-corrected chi connectivity index (χ2v) is 7.30. The van der Waals surface area contributed by atoms with Crippen LogP contribution in [-0.2, 0) is 6.42 Å². The Morgan fingerprint density at radius 2 is 2.19 bits per heavy atom. The summed E-state index contributed by atoms with van der Waals surface area (Å²) in [7, 11) is 0. The second-order valence-electron chi connectivity index (χ2n) is 7.30. The summed E-state index contributed by atoms with van der Waals surface area (Å²) < 4.78 is 5.17. The number of allylic oxidation sites excluding steroid dienone is 2. The van der Waals surface area contributed by atoms with Gasteiger partial charge in [0.05, 0.1) is 0 Å². The maximum Gasteiger partial charge on any atom is 0.315 e. The van der Waals surface area contributed by atoms with Gasteiger partial charge in [-0.05, 0) is 42.2 Å². The monoisotopic (exact) mass is 348 g/mol. The molecule has 0 aliphatic heterocycles. The molecule has 2 aliphatic rings. The van der Waals surface area contributed by atoms with Gasteiger partial charge in [0.25, 0.3) is 0 Å². The van der Waals surface area contributed by atoms with Gasteiger partial charge in [0, 0.05) is 30.1 Å². The van der Waals surface area contributed by atoms with Crippen LogP contribution in [0.2, 0.25) is 0 Å². The van der Waals surface area contributed by atoms with E-state index < -0.39 is 0 Å². The molecule has 1 fully saturated rings. The number of nitrogens with one attached hydrogen (secondary N) is 2. The minimum atomic E-state index is -0.283. The molecule has 0 unspecified atom stereocenters. The normalized spacial score (nSPS) is 23.8. The fourth-order valence-electron chi connectivity index (χ4n) is 4.29. The zero-order chi connectivity index (χ0) is 17.5. The van der Waals surface area contributed by atoms with Gasteiger partial charge < -0.3 is 14.8 Å². The molecule has 1 aromatic carbocycles. The first-order chi connectivity index (χ1) is 12.8. The van der Waals surface area contributed by atoms with Crippen molar-refractivity contribution >= 4 is 16.8 Å². The van der Waals surface area contributed by atoms with E-state index >= 15 is 0 Å². The van der Waals surface area contributed by atoms with Crippen molar-refractivity contribution in [3.63, 3.8) is 0 Å². The Hall–Kier alpha value is -2.89. The standard InChI is InChI=1S/C20H20N4O2/c25-19(22-10-14-8-12-5-6-13(14)7-12)20-23-18(24-26-20)9-15-11-21-17-4-2-1-3-16(15)17/h1-6,11-14,21H,7-10H2,(H,22,25)/t12-,13-,14-/m0/s1. The number of carbonyl (C=O) groups excluding carboxylic acids is 1. The zero-order valence-corrected chi connectivity index (χ0v) is 14.3. The predicted molar refractivity (Wildman–Crippen MR) is 96.6 cm³/mol. The topological polar surface area (TPSA) is 83.8 Å². The number of hydrogen-bond donors (Lipinski definition) is 2. The van der Waals surface area contributed by atoms with Gasteiger partial charge in [0.2, 0.25) is 0 Å². The number of hydrogen-bond acceptors (Lipinski definition) is 4. The van der Waals surface area contributed by atoms with Gasteiger partial charge in [-0.15, -0.1) is 0 Å². The predicted octanol–water partition coefficient (Wildman–Crippen LogP) is 3.08. The summed E-state index contributed by atoms with van der Waals surface area (Å²) in [5, 5.41) is 8.05. The number of aromatic amines is 1. The van der Waals surface area contributed by atoms with Crippen LogP contribution in [0.3, 0.4) is 0 Å². The molecule has 2 heterocycles. The lowest BCUT2D eigenvalue weighted by atomic mass is 9.94. The van der Waals surface area contributed by atoms with Crippen LogP contribution in [0.15, 0.2) is 47.1 Å². The fourth-order valence-corrected chi connectivity index (χ4v) is 4.29. The Bertz CT molecular complexity index is 987. The third-order valence-electron chi connectivity index (χ3n) is 5.63.